The molecule has 0 radical (unpaired) electrons. The fourth-order valence-corrected chi connectivity index (χ4v) is 3.15. The second-order valence-electron chi connectivity index (χ2n) is 4.70. The second-order valence-corrected chi connectivity index (χ2v) is 7.24. The molecule has 1 aromatic carbocycles. The number of hydrogen-bond donors (Lipinski definition) is 0. The summed E-state index contributed by atoms with van der Waals surface area (Å²) >= 11 is 0. The van der Waals surface area contributed by atoms with Gasteiger partial charge in [0.1, 0.15) is 5.82 Å². The standard InChI is InChI=1S/C13H17ClFNO3S/c1-5-16(8(2)3)13(17)10-6-11(15)9(4)12(7-10)20(14,18)19/h6-8H,5H2,1-4H3. The number of halogens is 2. The van der Waals surface area contributed by atoms with E-state index in [1.165, 1.54) is 11.8 Å². The molecule has 112 valence electrons. The highest BCUT2D eigenvalue weighted by Crippen LogP contribution is 2.24. The Kier molecular flexibility index (Phi) is 5.15. The predicted molar refractivity (Wildman–Crippen MR) is 76.0 cm³/mol. The molecule has 0 atom stereocenters. The first-order chi connectivity index (χ1) is 9.09. The third-order valence-corrected chi connectivity index (χ3v) is 4.48. The van der Waals surface area contributed by atoms with E-state index in [1.807, 2.05) is 13.8 Å². The monoisotopic (exact) mass is 321 g/mol. The van der Waals surface area contributed by atoms with Crippen LogP contribution in [-0.4, -0.2) is 31.8 Å². The van der Waals surface area contributed by atoms with Gasteiger partial charge in [-0.05, 0) is 39.8 Å². The molecule has 4 nitrogen and oxygen atoms in total. The number of carbonyl (C=O) groups excluding carboxylic acids is 1. The summed E-state index contributed by atoms with van der Waals surface area (Å²) in [5.74, 6) is -1.20. The van der Waals surface area contributed by atoms with Gasteiger partial charge in [0.15, 0.2) is 0 Å². The molecular weight excluding hydrogens is 305 g/mol. The van der Waals surface area contributed by atoms with Crippen molar-refractivity contribution in [1.82, 2.24) is 4.90 Å². The smallest absolute Gasteiger partial charge is 0.261 e. The molecule has 0 spiro atoms. The highest BCUT2D eigenvalue weighted by Gasteiger charge is 2.23. The van der Waals surface area contributed by atoms with Crippen molar-refractivity contribution in [3.8, 4) is 0 Å². The summed E-state index contributed by atoms with van der Waals surface area (Å²) in [6, 6.07) is 2.08. The molecule has 0 unspecified atom stereocenters. The summed E-state index contributed by atoms with van der Waals surface area (Å²) in [5.41, 5.74) is -0.118. The van der Waals surface area contributed by atoms with Gasteiger partial charge in [-0.15, -0.1) is 0 Å². The van der Waals surface area contributed by atoms with E-state index in [0.29, 0.717) is 6.54 Å². The van der Waals surface area contributed by atoms with Gasteiger partial charge in [-0.1, -0.05) is 0 Å². The molecule has 0 aliphatic heterocycles. The van der Waals surface area contributed by atoms with Crippen LogP contribution in [0.1, 0.15) is 36.7 Å². The van der Waals surface area contributed by atoms with Crippen molar-refractivity contribution in [1.29, 1.82) is 0 Å². The molecule has 20 heavy (non-hydrogen) atoms. The molecular formula is C13H17ClFNO3S. The quantitative estimate of drug-likeness (QED) is 0.801. The molecule has 0 fully saturated rings. The zero-order valence-corrected chi connectivity index (χ0v) is 13.3. The van der Waals surface area contributed by atoms with Gasteiger partial charge in [-0.3, -0.25) is 4.79 Å². The molecule has 0 saturated carbocycles. The van der Waals surface area contributed by atoms with E-state index < -0.39 is 20.8 Å². The molecule has 0 bridgehead atoms. The van der Waals surface area contributed by atoms with E-state index in [9.17, 15) is 17.6 Å². The van der Waals surface area contributed by atoms with Gasteiger partial charge in [-0.25, -0.2) is 12.8 Å². The summed E-state index contributed by atoms with van der Waals surface area (Å²) in [5, 5.41) is 0. The Hall–Kier alpha value is -1.14. The summed E-state index contributed by atoms with van der Waals surface area (Å²) < 4.78 is 36.7. The normalized spacial score (nSPS) is 11.8. The highest BCUT2D eigenvalue weighted by molar-refractivity contribution is 8.13. The number of nitrogens with zero attached hydrogens (tertiary/aromatic N) is 1. The van der Waals surface area contributed by atoms with Gasteiger partial charge in [0.25, 0.3) is 15.0 Å². The van der Waals surface area contributed by atoms with Gasteiger partial charge in [0, 0.05) is 34.4 Å². The molecule has 0 aliphatic carbocycles. The zero-order valence-electron chi connectivity index (χ0n) is 11.8. The Morgan fingerprint density at radius 2 is 1.95 bits per heavy atom. The third-order valence-electron chi connectivity index (χ3n) is 3.03. The van der Waals surface area contributed by atoms with Crippen LogP contribution >= 0.6 is 10.7 Å². The Bertz CT molecular complexity index is 629. The third kappa shape index (κ3) is 3.49. The number of benzene rings is 1. The zero-order chi connectivity index (χ0) is 15.7. The molecule has 0 aromatic heterocycles. The number of carbonyl (C=O) groups is 1. The minimum Gasteiger partial charge on any atom is -0.336 e. The van der Waals surface area contributed by atoms with E-state index in [4.69, 9.17) is 10.7 Å². The van der Waals surface area contributed by atoms with Crippen molar-refractivity contribution in [3.05, 3.63) is 29.1 Å². The summed E-state index contributed by atoms with van der Waals surface area (Å²) in [6.45, 7) is 7.19. The summed E-state index contributed by atoms with van der Waals surface area (Å²) in [6.07, 6.45) is 0. The maximum atomic E-state index is 13.8. The SMILES string of the molecule is CCN(C(=O)c1cc(F)c(C)c(S(=O)(=O)Cl)c1)C(C)C. The Morgan fingerprint density at radius 3 is 2.35 bits per heavy atom. The van der Waals surface area contributed by atoms with Crippen molar-refractivity contribution in [3.63, 3.8) is 0 Å². The van der Waals surface area contributed by atoms with Gasteiger partial charge < -0.3 is 4.90 Å². The van der Waals surface area contributed by atoms with Crippen LogP contribution in [0.4, 0.5) is 4.39 Å². The van der Waals surface area contributed by atoms with Gasteiger partial charge in [0.05, 0.1) is 4.90 Å². The van der Waals surface area contributed by atoms with Crippen LogP contribution in [-0.2, 0) is 9.05 Å². The summed E-state index contributed by atoms with van der Waals surface area (Å²) in [4.78, 5) is 13.4. The van der Waals surface area contributed by atoms with Crippen LogP contribution in [0.5, 0.6) is 0 Å². The van der Waals surface area contributed by atoms with E-state index in [-0.39, 0.29) is 22.1 Å². The van der Waals surface area contributed by atoms with Crippen molar-refractivity contribution < 1.29 is 17.6 Å². The fourth-order valence-electron chi connectivity index (χ4n) is 1.94. The molecule has 1 rings (SSSR count). The van der Waals surface area contributed by atoms with Gasteiger partial charge >= 0.3 is 0 Å². The summed E-state index contributed by atoms with van der Waals surface area (Å²) in [7, 11) is 1.17. The first kappa shape index (κ1) is 16.9. The highest BCUT2D eigenvalue weighted by atomic mass is 35.7. The first-order valence-corrected chi connectivity index (χ1v) is 8.46. The molecule has 0 N–H and O–H groups in total. The largest absolute Gasteiger partial charge is 0.336 e. The van der Waals surface area contributed by atoms with Crippen molar-refractivity contribution in [2.45, 2.75) is 38.6 Å². The lowest BCUT2D eigenvalue weighted by Crippen LogP contribution is -2.36. The fraction of sp³-hybridized carbons (Fsp3) is 0.462. The van der Waals surface area contributed by atoms with E-state index in [2.05, 4.69) is 0 Å². The van der Waals surface area contributed by atoms with Crippen LogP contribution in [0.25, 0.3) is 0 Å². The van der Waals surface area contributed by atoms with Crippen LogP contribution in [0.15, 0.2) is 17.0 Å². The maximum Gasteiger partial charge on any atom is 0.261 e. The molecule has 7 heteroatoms. The van der Waals surface area contributed by atoms with E-state index in [0.717, 1.165) is 12.1 Å². The van der Waals surface area contributed by atoms with Crippen LogP contribution in [0.2, 0.25) is 0 Å². The number of hydrogen-bond acceptors (Lipinski definition) is 3. The average Bonchev–Trinajstić information content (AvgIpc) is 2.31. The average molecular weight is 322 g/mol. The van der Waals surface area contributed by atoms with E-state index >= 15 is 0 Å². The predicted octanol–water partition coefficient (Wildman–Crippen LogP) is 2.93. The number of rotatable bonds is 4. The molecule has 1 amide bonds. The van der Waals surface area contributed by atoms with Gasteiger partial charge in [0.2, 0.25) is 0 Å². The first-order valence-electron chi connectivity index (χ1n) is 6.15. The lowest BCUT2D eigenvalue weighted by atomic mass is 10.1. The van der Waals surface area contributed by atoms with Crippen LogP contribution in [0, 0.1) is 12.7 Å². The second kappa shape index (κ2) is 6.10. The Balaban J connectivity index is 3.42. The maximum absolute atomic E-state index is 13.8. The Morgan fingerprint density at radius 1 is 1.40 bits per heavy atom. The topological polar surface area (TPSA) is 54.5 Å². The van der Waals surface area contributed by atoms with Crippen LogP contribution in [0.3, 0.4) is 0 Å². The van der Waals surface area contributed by atoms with Crippen molar-refractivity contribution in [2.24, 2.45) is 0 Å². The van der Waals surface area contributed by atoms with Crippen molar-refractivity contribution in [2.75, 3.05) is 6.54 Å². The number of amides is 1. The molecule has 1 aromatic rings. The molecule has 0 heterocycles. The van der Waals surface area contributed by atoms with Gasteiger partial charge in [-0.2, -0.15) is 0 Å². The minimum absolute atomic E-state index is 0.0251. The molecule has 0 saturated heterocycles. The van der Waals surface area contributed by atoms with E-state index in [1.54, 1.807) is 6.92 Å². The lowest BCUT2D eigenvalue weighted by molar-refractivity contribution is 0.0716. The minimum atomic E-state index is -4.10. The van der Waals surface area contributed by atoms with Crippen molar-refractivity contribution >= 4 is 25.6 Å². The van der Waals surface area contributed by atoms with Crippen LogP contribution < -0.4 is 0 Å². The Labute approximate surface area is 123 Å². The molecule has 0 aliphatic rings. The lowest BCUT2D eigenvalue weighted by Gasteiger charge is -2.25.